The van der Waals surface area contributed by atoms with E-state index in [2.05, 4.69) is 26.7 Å². The highest BCUT2D eigenvalue weighted by Gasteiger charge is 2.02. The third-order valence-corrected chi connectivity index (χ3v) is 1.41. The maximum Gasteiger partial charge on any atom is 0.387 e. The van der Waals surface area contributed by atoms with Crippen LogP contribution in [0.1, 0.15) is 0 Å². The lowest BCUT2D eigenvalue weighted by atomic mass is 10.3. The van der Waals surface area contributed by atoms with Crippen molar-refractivity contribution in [1.29, 1.82) is 0 Å². The van der Waals surface area contributed by atoms with E-state index in [9.17, 15) is 8.78 Å². The Hall–Kier alpha value is -0.640. The van der Waals surface area contributed by atoms with Crippen LogP contribution in [0.5, 0.6) is 5.75 Å². The number of ether oxygens (including phenoxy) is 1. The van der Waals surface area contributed by atoms with Crippen LogP contribution in [0.15, 0.2) is 22.7 Å². The van der Waals surface area contributed by atoms with Gasteiger partial charge in [0, 0.05) is 4.47 Å². The molecule has 0 saturated heterocycles. The number of alkyl halides is 2. The molecule has 11 heavy (non-hydrogen) atoms. The molecule has 1 aromatic rings. The molecule has 1 aromatic carbocycles. The fourth-order valence-corrected chi connectivity index (χ4v) is 0.951. The van der Waals surface area contributed by atoms with Crippen molar-refractivity contribution in [3.63, 3.8) is 0 Å². The SMILES string of the molecule is FC(F)Oc1c[c]cc(Br)c1. The molecule has 0 spiro atoms. The van der Waals surface area contributed by atoms with Gasteiger partial charge >= 0.3 is 6.61 Å². The maximum absolute atomic E-state index is 11.6. The van der Waals surface area contributed by atoms with Crippen LogP contribution < -0.4 is 4.74 Å². The van der Waals surface area contributed by atoms with E-state index >= 15 is 0 Å². The number of hydrogen-bond acceptors (Lipinski definition) is 1. The van der Waals surface area contributed by atoms with Gasteiger partial charge in [0.2, 0.25) is 0 Å². The van der Waals surface area contributed by atoms with Crippen LogP contribution in [0.2, 0.25) is 0 Å². The molecule has 0 fully saturated rings. The summed E-state index contributed by atoms with van der Waals surface area (Å²) in [6.45, 7) is -2.78. The van der Waals surface area contributed by atoms with E-state index in [0.717, 1.165) is 0 Å². The maximum atomic E-state index is 11.6. The van der Waals surface area contributed by atoms with Crippen LogP contribution in [0.3, 0.4) is 0 Å². The summed E-state index contributed by atoms with van der Waals surface area (Å²) in [5, 5.41) is 0. The first-order valence-electron chi connectivity index (χ1n) is 2.80. The van der Waals surface area contributed by atoms with Crippen molar-refractivity contribution in [3.8, 4) is 5.75 Å². The van der Waals surface area contributed by atoms with Gasteiger partial charge in [-0.1, -0.05) is 15.9 Å². The molecule has 1 rings (SSSR count). The third-order valence-electron chi connectivity index (χ3n) is 0.952. The highest BCUT2D eigenvalue weighted by atomic mass is 79.9. The zero-order valence-corrected chi connectivity index (χ0v) is 6.94. The van der Waals surface area contributed by atoms with Crippen LogP contribution in [0.4, 0.5) is 8.78 Å². The number of hydrogen-bond donors (Lipinski definition) is 0. The Labute approximate surface area is 71.1 Å². The summed E-state index contributed by atoms with van der Waals surface area (Å²) in [4.78, 5) is 0. The topological polar surface area (TPSA) is 9.23 Å². The molecule has 0 saturated carbocycles. The summed E-state index contributed by atoms with van der Waals surface area (Å²) in [5.41, 5.74) is 0. The third kappa shape index (κ3) is 2.84. The summed E-state index contributed by atoms with van der Waals surface area (Å²) < 4.78 is 28.0. The molecule has 1 nitrogen and oxygen atoms in total. The molecule has 0 atom stereocenters. The first kappa shape index (κ1) is 8.46. The number of rotatable bonds is 2. The largest absolute Gasteiger partial charge is 0.435 e. The molecule has 59 valence electrons. The van der Waals surface area contributed by atoms with Crippen molar-refractivity contribution in [3.05, 3.63) is 28.7 Å². The highest BCUT2D eigenvalue weighted by molar-refractivity contribution is 9.10. The van der Waals surface area contributed by atoms with Gasteiger partial charge < -0.3 is 4.74 Å². The van der Waals surface area contributed by atoms with E-state index in [0.29, 0.717) is 4.47 Å². The normalized spacial score (nSPS) is 10.2. The van der Waals surface area contributed by atoms with Gasteiger partial charge in [-0.25, -0.2) is 0 Å². The van der Waals surface area contributed by atoms with Crippen molar-refractivity contribution in [2.45, 2.75) is 6.61 Å². The summed E-state index contributed by atoms with van der Waals surface area (Å²) >= 11 is 3.10. The molecule has 0 unspecified atom stereocenters. The van der Waals surface area contributed by atoms with Gasteiger partial charge in [0.15, 0.2) is 0 Å². The monoisotopic (exact) mass is 221 g/mol. The summed E-state index contributed by atoms with van der Waals surface area (Å²) in [5.74, 6) is 0.106. The second-order valence-electron chi connectivity index (χ2n) is 1.77. The van der Waals surface area contributed by atoms with Crippen molar-refractivity contribution in [2.24, 2.45) is 0 Å². The lowest BCUT2D eigenvalue weighted by Gasteiger charge is -2.02. The lowest BCUT2D eigenvalue weighted by Crippen LogP contribution is -2.01. The molecule has 4 heteroatoms. The van der Waals surface area contributed by atoms with Gasteiger partial charge in [-0.15, -0.1) is 0 Å². The fourth-order valence-electron chi connectivity index (χ4n) is 0.594. The van der Waals surface area contributed by atoms with E-state index in [4.69, 9.17) is 0 Å². The second kappa shape index (κ2) is 3.67. The zero-order valence-electron chi connectivity index (χ0n) is 5.35. The highest BCUT2D eigenvalue weighted by Crippen LogP contribution is 2.18. The Morgan fingerprint density at radius 1 is 1.45 bits per heavy atom. The van der Waals surface area contributed by atoms with Crippen molar-refractivity contribution < 1.29 is 13.5 Å². The predicted octanol–water partition coefficient (Wildman–Crippen LogP) is 2.85. The second-order valence-corrected chi connectivity index (χ2v) is 2.68. The van der Waals surface area contributed by atoms with Gasteiger partial charge in [-0.3, -0.25) is 0 Å². The Morgan fingerprint density at radius 2 is 2.18 bits per heavy atom. The Kier molecular flexibility index (Phi) is 2.82. The summed E-state index contributed by atoms with van der Waals surface area (Å²) in [6, 6.07) is 7.03. The average molecular weight is 222 g/mol. The van der Waals surface area contributed by atoms with Gasteiger partial charge in [0.05, 0.1) is 0 Å². The molecular formula is C7H4BrF2O. The van der Waals surface area contributed by atoms with Gasteiger partial charge in [-0.2, -0.15) is 8.78 Å². The van der Waals surface area contributed by atoms with Gasteiger partial charge in [-0.05, 0) is 24.3 Å². The minimum absolute atomic E-state index is 0.106. The number of halogens is 3. The molecule has 0 aliphatic carbocycles. The van der Waals surface area contributed by atoms with E-state index < -0.39 is 6.61 Å². The van der Waals surface area contributed by atoms with Crippen LogP contribution in [0, 0.1) is 6.07 Å². The van der Waals surface area contributed by atoms with Crippen LogP contribution >= 0.6 is 15.9 Å². The molecule has 0 aliphatic rings. The zero-order chi connectivity index (χ0) is 8.27. The molecule has 0 aromatic heterocycles. The van der Waals surface area contributed by atoms with Crippen molar-refractivity contribution in [2.75, 3.05) is 0 Å². The van der Waals surface area contributed by atoms with Crippen LogP contribution in [-0.4, -0.2) is 6.61 Å². The molecule has 0 amide bonds. The van der Waals surface area contributed by atoms with E-state index in [1.807, 2.05) is 0 Å². The Balaban J connectivity index is 2.71. The Morgan fingerprint density at radius 3 is 2.73 bits per heavy atom. The minimum Gasteiger partial charge on any atom is -0.435 e. The smallest absolute Gasteiger partial charge is 0.387 e. The van der Waals surface area contributed by atoms with Crippen molar-refractivity contribution >= 4 is 15.9 Å². The first-order valence-corrected chi connectivity index (χ1v) is 3.59. The molecule has 0 aliphatic heterocycles. The van der Waals surface area contributed by atoms with Crippen LogP contribution in [-0.2, 0) is 0 Å². The standard InChI is InChI=1S/C7H4BrF2O/c8-5-2-1-3-6(4-5)11-7(9)10/h2-4,7H. The van der Waals surface area contributed by atoms with E-state index in [1.165, 1.54) is 12.1 Å². The van der Waals surface area contributed by atoms with Gasteiger partial charge in [0.1, 0.15) is 5.75 Å². The average Bonchev–Trinajstić information content (AvgIpc) is 1.85. The number of benzene rings is 1. The summed E-state index contributed by atoms with van der Waals surface area (Å²) in [6.07, 6.45) is 0. The molecule has 0 heterocycles. The molecule has 0 bridgehead atoms. The fraction of sp³-hybridized carbons (Fsp3) is 0.143. The van der Waals surface area contributed by atoms with Gasteiger partial charge in [0.25, 0.3) is 0 Å². The quantitative estimate of drug-likeness (QED) is 0.747. The Bertz CT molecular complexity index is 240. The summed E-state index contributed by atoms with van der Waals surface area (Å²) in [7, 11) is 0. The molecule has 0 N–H and O–H groups in total. The predicted molar refractivity (Wildman–Crippen MR) is 39.6 cm³/mol. The first-order chi connectivity index (χ1) is 5.18. The van der Waals surface area contributed by atoms with E-state index in [-0.39, 0.29) is 5.75 Å². The molecule has 1 radical (unpaired) electrons. The minimum atomic E-state index is -2.78. The van der Waals surface area contributed by atoms with Crippen LogP contribution in [0.25, 0.3) is 0 Å². The van der Waals surface area contributed by atoms with Crippen molar-refractivity contribution in [1.82, 2.24) is 0 Å². The lowest BCUT2D eigenvalue weighted by molar-refractivity contribution is -0.0498. The van der Waals surface area contributed by atoms with E-state index in [1.54, 1.807) is 6.07 Å². The molecular weight excluding hydrogens is 218 g/mol.